The summed E-state index contributed by atoms with van der Waals surface area (Å²) in [7, 11) is -4.42. The standard InChI is InChI=1S/C28H35N6O8P/c1-4-19(5-2)14-39-27(37)18(3)33-43(38,42-21-9-7-6-8-10-21)40-15-22-24(35)25(36)28(16-29,41-22)23-12-11-20-13-34(23)32-17-31-26(20)30/h6-12,17,19,22,24-25,35-36H,3-5,13-15H2,1-2H3,(H,33,38)(H2,30,31,32)/t22-,24-,25-,28+,43?/m1/s1. The van der Waals surface area contributed by atoms with Gasteiger partial charge in [0.15, 0.2) is 0 Å². The number of aliphatic imine (C=N–C) groups is 1. The van der Waals surface area contributed by atoms with Crippen LogP contribution in [0.25, 0.3) is 0 Å². The smallest absolute Gasteiger partial charge is 0.461 e. The van der Waals surface area contributed by atoms with E-state index in [0.717, 1.165) is 12.8 Å². The molecule has 0 radical (unpaired) electrons. The fraction of sp³-hybridized carbons (Fsp3) is 0.429. The maximum atomic E-state index is 13.9. The Kier molecular flexibility index (Phi) is 10.1. The van der Waals surface area contributed by atoms with Crippen LogP contribution in [0.5, 0.6) is 5.75 Å². The van der Waals surface area contributed by atoms with Crippen molar-refractivity contribution in [3.8, 4) is 11.8 Å². The Hall–Kier alpha value is -3.99. The number of carbonyl (C=O) groups is 1. The second-order valence-corrected chi connectivity index (χ2v) is 11.7. The quantitative estimate of drug-likeness (QED) is 0.143. The van der Waals surface area contributed by atoms with E-state index in [9.17, 15) is 24.8 Å². The summed E-state index contributed by atoms with van der Waals surface area (Å²) in [5, 5.41) is 40.1. The third kappa shape index (κ3) is 6.98. The molecule has 0 aliphatic carbocycles. The fourth-order valence-electron chi connectivity index (χ4n) is 4.59. The van der Waals surface area contributed by atoms with Gasteiger partial charge < -0.3 is 29.9 Å². The topological polar surface area (TPSA) is 201 Å². The summed E-state index contributed by atoms with van der Waals surface area (Å²) < 4.78 is 36.3. The summed E-state index contributed by atoms with van der Waals surface area (Å²) in [6, 6.07) is 9.99. The first-order valence-electron chi connectivity index (χ1n) is 13.7. The van der Waals surface area contributed by atoms with E-state index in [4.69, 9.17) is 24.3 Å². The van der Waals surface area contributed by atoms with Gasteiger partial charge in [-0.25, -0.2) is 14.4 Å². The molecule has 4 rings (SSSR count). The third-order valence-electron chi connectivity index (χ3n) is 7.26. The molecule has 230 valence electrons. The molecule has 3 aliphatic rings. The number of ether oxygens (including phenoxy) is 2. The number of aliphatic hydroxyl groups is 2. The first-order chi connectivity index (χ1) is 20.6. The number of hydrogen-bond acceptors (Lipinski definition) is 13. The van der Waals surface area contributed by atoms with E-state index in [0.29, 0.717) is 5.57 Å². The van der Waals surface area contributed by atoms with E-state index in [-0.39, 0.29) is 42.0 Å². The van der Waals surface area contributed by atoms with Gasteiger partial charge >= 0.3 is 13.7 Å². The van der Waals surface area contributed by atoms with Gasteiger partial charge in [-0.3, -0.25) is 14.6 Å². The van der Waals surface area contributed by atoms with Crippen molar-refractivity contribution in [1.29, 1.82) is 5.26 Å². The van der Waals surface area contributed by atoms with E-state index >= 15 is 0 Å². The predicted octanol–water partition coefficient (Wildman–Crippen LogP) is 2.10. The molecular weight excluding hydrogens is 579 g/mol. The van der Waals surface area contributed by atoms with E-state index in [1.54, 1.807) is 24.3 Å². The zero-order chi connectivity index (χ0) is 31.2. The van der Waals surface area contributed by atoms with Gasteiger partial charge in [0.2, 0.25) is 5.60 Å². The van der Waals surface area contributed by atoms with Gasteiger partial charge in [0.25, 0.3) is 0 Å². The van der Waals surface area contributed by atoms with Crippen molar-refractivity contribution in [2.45, 2.75) is 50.6 Å². The number of nitrogens with one attached hydrogen (secondary N) is 1. The molecular formula is C28H35N6O8P. The van der Waals surface area contributed by atoms with Crippen LogP contribution in [0.4, 0.5) is 0 Å². The number of carbonyl (C=O) groups excluding carboxylic acids is 1. The van der Waals surface area contributed by atoms with Crippen molar-refractivity contribution in [1.82, 2.24) is 10.1 Å². The van der Waals surface area contributed by atoms with Crippen LogP contribution in [0, 0.1) is 17.2 Å². The molecule has 2 bridgehead atoms. The lowest BCUT2D eigenvalue weighted by Gasteiger charge is -2.34. The number of rotatable bonds is 13. The van der Waals surface area contributed by atoms with Crippen molar-refractivity contribution < 1.29 is 38.1 Å². The molecule has 1 aromatic rings. The van der Waals surface area contributed by atoms with Crippen molar-refractivity contribution in [3.05, 3.63) is 66.0 Å². The molecule has 5 atom stereocenters. The predicted molar refractivity (Wildman–Crippen MR) is 156 cm³/mol. The van der Waals surface area contributed by atoms with Crippen LogP contribution in [0.2, 0.25) is 0 Å². The highest BCUT2D eigenvalue weighted by Gasteiger charge is 2.59. The second-order valence-electron chi connectivity index (χ2n) is 10.1. The molecule has 1 fully saturated rings. The fourth-order valence-corrected chi connectivity index (χ4v) is 5.92. The summed E-state index contributed by atoms with van der Waals surface area (Å²) in [6.07, 6.45) is 1.17. The molecule has 1 aromatic carbocycles. The van der Waals surface area contributed by atoms with Crippen LogP contribution >= 0.6 is 7.75 Å². The number of aliphatic hydroxyl groups excluding tert-OH is 2. The Morgan fingerprint density at radius 2 is 2.05 bits per heavy atom. The molecule has 0 saturated carbocycles. The van der Waals surface area contributed by atoms with E-state index in [1.807, 2.05) is 19.9 Å². The van der Waals surface area contributed by atoms with Gasteiger partial charge in [0.1, 0.15) is 48.0 Å². The van der Waals surface area contributed by atoms with Gasteiger partial charge in [-0.05, 0) is 24.1 Å². The monoisotopic (exact) mass is 614 g/mol. The number of amidine groups is 1. The molecule has 5 N–H and O–H groups in total. The molecule has 0 amide bonds. The lowest BCUT2D eigenvalue weighted by Crippen LogP contribution is -2.48. The summed E-state index contributed by atoms with van der Waals surface area (Å²) in [6.45, 7) is 7.26. The van der Waals surface area contributed by atoms with Gasteiger partial charge in [-0.2, -0.15) is 10.4 Å². The molecule has 43 heavy (non-hydrogen) atoms. The Balaban J connectivity index is 1.52. The molecule has 0 spiro atoms. The maximum absolute atomic E-state index is 13.9. The number of para-hydroxylation sites is 1. The van der Waals surface area contributed by atoms with E-state index in [2.05, 4.69) is 21.8 Å². The minimum atomic E-state index is -4.42. The molecule has 14 nitrogen and oxygen atoms in total. The summed E-state index contributed by atoms with van der Waals surface area (Å²) in [5.41, 5.74) is 4.21. The lowest BCUT2D eigenvalue weighted by atomic mass is 9.90. The van der Waals surface area contributed by atoms with Gasteiger partial charge in [0.05, 0.1) is 25.5 Å². The maximum Gasteiger partial charge on any atom is 0.486 e. The number of hydrazone groups is 1. The third-order valence-corrected chi connectivity index (χ3v) is 8.75. The summed E-state index contributed by atoms with van der Waals surface area (Å²) >= 11 is 0. The largest absolute Gasteiger partial charge is 0.486 e. The van der Waals surface area contributed by atoms with Crippen molar-refractivity contribution >= 4 is 25.9 Å². The minimum absolute atomic E-state index is 0.129. The van der Waals surface area contributed by atoms with Crippen LogP contribution in [-0.4, -0.2) is 77.0 Å². The molecule has 0 aromatic heterocycles. The average Bonchev–Trinajstić information content (AvgIpc) is 3.16. The van der Waals surface area contributed by atoms with Crippen LogP contribution in [0.15, 0.2) is 76.1 Å². The highest BCUT2D eigenvalue weighted by molar-refractivity contribution is 7.52. The second kappa shape index (κ2) is 13.5. The van der Waals surface area contributed by atoms with Crippen LogP contribution < -0.4 is 15.3 Å². The zero-order valence-corrected chi connectivity index (χ0v) is 24.7. The van der Waals surface area contributed by atoms with Crippen LogP contribution in [0.1, 0.15) is 26.7 Å². The number of esters is 1. The molecule has 1 saturated heterocycles. The Labute approximate surface area is 249 Å². The minimum Gasteiger partial charge on any atom is -0.461 e. The number of benzene rings is 1. The number of allylic oxidation sites excluding steroid dienone is 2. The Morgan fingerprint density at radius 1 is 1.33 bits per heavy atom. The lowest BCUT2D eigenvalue weighted by molar-refractivity contribution is -0.140. The Bertz CT molecular complexity index is 1420. The summed E-state index contributed by atoms with van der Waals surface area (Å²) in [5.74, 6) is -0.303. The number of hydrogen-bond donors (Lipinski definition) is 4. The average molecular weight is 615 g/mol. The molecule has 3 aliphatic heterocycles. The number of nitriles is 1. The SMILES string of the molecule is C=C(NP(=O)(OC[C@H]1O[C@@](C#N)(C2=CC=C3CN2N=CN=C3N)[C@H](O)[C@@H]1O)Oc1ccccc1)C(=O)OCC(CC)CC. The number of nitrogens with zero attached hydrogens (tertiary/aromatic N) is 4. The van der Waals surface area contributed by atoms with Gasteiger partial charge in [-0.1, -0.05) is 57.5 Å². The zero-order valence-electron chi connectivity index (χ0n) is 23.8. The van der Waals surface area contributed by atoms with Gasteiger partial charge in [-0.15, -0.1) is 0 Å². The first-order valence-corrected chi connectivity index (χ1v) is 15.2. The van der Waals surface area contributed by atoms with Crippen molar-refractivity contribution in [3.63, 3.8) is 0 Å². The highest BCUT2D eigenvalue weighted by Crippen LogP contribution is 2.47. The molecule has 15 heteroatoms. The van der Waals surface area contributed by atoms with Crippen LogP contribution in [0.3, 0.4) is 0 Å². The van der Waals surface area contributed by atoms with E-state index in [1.165, 1.54) is 29.6 Å². The van der Waals surface area contributed by atoms with Crippen molar-refractivity contribution in [2.24, 2.45) is 21.7 Å². The highest BCUT2D eigenvalue weighted by atomic mass is 31.2. The normalized spacial score (nSPS) is 25.9. The van der Waals surface area contributed by atoms with E-state index < -0.39 is 44.2 Å². The summed E-state index contributed by atoms with van der Waals surface area (Å²) in [4.78, 5) is 16.6. The molecule has 3 heterocycles. The Morgan fingerprint density at radius 3 is 2.72 bits per heavy atom. The molecule has 1 unspecified atom stereocenters. The first kappa shape index (κ1) is 31.9. The number of fused-ring (bicyclic) bond motifs is 2. The van der Waals surface area contributed by atoms with Crippen molar-refractivity contribution in [2.75, 3.05) is 19.8 Å². The van der Waals surface area contributed by atoms with Gasteiger partial charge in [0, 0.05) is 5.57 Å². The number of nitrogens with two attached hydrogens (primary N) is 1. The van der Waals surface area contributed by atoms with Crippen LogP contribution in [-0.2, 0) is 23.4 Å².